The summed E-state index contributed by atoms with van der Waals surface area (Å²) in [5, 5.41) is 0. The van der Waals surface area contributed by atoms with Gasteiger partial charge in [0.15, 0.2) is 5.78 Å². The summed E-state index contributed by atoms with van der Waals surface area (Å²) < 4.78 is 5.30. The molecule has 1 heterocycles. The summed E-state index contributed by atoms with van der Waals surface area (Å²) in [4.78, 5) is 15.6. The maximum atomic E-state index is 11.3. The highest BCUT2D eigenvalue weighted by molar-refractivity contribution is 6.17. The van der Waals surface area contributed by atoms with Gasteiger partial charge in [0, 0.05) is 11.8 Å². The zero-order valence-corrected chi connectivity index (χ0v) is 9.36. The first kappa shape index (κ1) is 10.6. The number of hydrogen-bond donors (Lipinski definition) is 0. The van der Waals surface area contributed by atoms with Gasteiger partial charge in [0.25, 0.3) is 0 Å². The van der Waals surface area contributed by atoms with Crippen molar-refractivity contribution < 1.29 is 9.53 Å². The van der Waals surface area contributed by atoms with Crippen LogP contribution in [0.1, 0.15) is 17.5 Å². The number of hydrogen-bond acceptors (Lipinski definition) is 3. The Morgan fingerprint density at radius 1 is 1.38 bits per heavy atom. The summed E-state index contributed by atoms with van der Waals surface area (Å²) in [6.07, 6.45) is 3.39. The number of aryl methyl sites for hydroxylation is 1. The predicted octanol–water partition coefficient (Wildman–Crippen LogP) is 2.28. The minimum absolute atomic E-state index is 0.0790. The third-order valence-electron chi connectivity index (χ3n) is 2.58. The molecule has 0 atom stereocenters. The Bertz CT molecular complexity index is 487. The number of benzene rings is 1. The van der Waals surface area contributed by atoms with E-state index in [1.165, 1.54) is 6.08 Å². The van der Waals surface area contributed by atoms with Crippen molar-refractivity contribution >= 4 is 11.5 Å². The van der Waals surface area contributed by atoms with Crippen molar-refractivity contribution in [3.63, 3.8) is 0 Å². The fraction of sp³-hybridized carbons (Fsp3) is 0.231. The number of ketones is 1. The topological polar surface area (TPSA) is 38.7 Å². The second-order valence-corrected chi connectivity index (χ2v) is 3.69. The van der Waals surface area contributed by atoms with E-state index < -0.39 is 0 Å². The molecule has 0 fully saturated rings. The maximum Gasteiger partial charge on any atom is 0.163 e. The van der Waals surface area contributed by atoms with Gasteiger partial charge < -0.3 is 4.74 Å². The van der Waals surface area contributed by atoms with Gasteiger partial charge >= 0.3 is 0 Å². The normalized spacial score (nSPS) is 14.9. The average molecular weight is 215 g/mol. The van der Waals surface area contributed by atoms with Gasteiger partial charge in [-0.3, -0.25) is 9.79 Å². The number of nitrogens with zero attached hydrogens (tertiary/aromatic N) is 1. The zero-order valence-electron chi connectivity index (χ0n) is 9.36. The number of carbonyl (C=O) groups excluding carboxylic acids is 1. The molecule has 0 radical (unpaired) electrons. The number of carbonyl (C=O) groups is 1. The molecule has 3 heteroatoms. The second kappa shape index (κ2) is 4.31. The summed E-state index contributed by atoms with van der Waals surface area (Å²) in [5.41, 5.74) is 2.78. The summed E-state index contributed by atoms with van der Waals surface area (Å²) in [7, 11) is 1.62. The van der Waals surface area contributed by atoms with Crippen molar-refractivity contribution in [3.8, 4) is 5.75 Å². The van der Waals surface area contributed by atoms with E-state index in [4.69, 9.17) is 4.74 Å². The molecule has 0 amide bonds. The van der Waals surface area contributed by atoms with Crippen molar-refractivity contribution in [3.05, 3.63) is 41.6 Å². The van der Waals surface area contributed by atoms with E-state index >= 15 is 0 Å². The molecular formula is C13H13NO2. The molecule has 1 aromatic carbocycles. The predicted molar refractivity (Wildman–Crippen MR) is 63.0 cm³/mol. The molecule has 82 valence electrons. The molecule has 1 aliphatic rings. The molecule has 0 spiro atoms. The zero-order chi connectivity index (χ0) is 11.5. The van der Waals surface area contributed by atoms with Gasteiger partial charge in [0.1, 0.15) is 5.75 Å². The first-order valence-corrected chi connectivity index (χ1v) is 5.12. The molecule has 0 saturated heterocycles. The van der Waals surface area contributed by atoms with Crippen molar-refractivity contribution in [2.75, 3.05) is 7.11 Å². The number of ether oxygens (including phenoxy) is 1. The lowest BCUT2D eigenvalue weighted by atomic mass is 9.98. The Morgan fingerprint density at radius 2 is 2.19 bits per heavy atom. The van der Waals surface area contributed by atoms with Gasteiger partial charge in [-0.05, 0) is 24.6 Å². The van der Waals surface area contributed by atoms with Crippen molar-refractivity contribution in [2.45, 2.75) is 13.3 Å². The van der Waals surface area contributed by atoms with Gasteiger partial charge in [0.2, 0.25) is 0 Å². The highest BCUT2D eigenvalue weighted by atomic mass is 16.5. The van der Waals surface area contributed by atoms with E-state index in [0.29, 0.717) is 6.42 Å². The van der Waals surface area contributed by atoms with Crippen molar-refractivity contribution in [1.82, 2.24) is 0 Å². The molecule has 0 saturated carbocycles. The summed E-state index contributed by atoms with van der Waals surface area (Å²) in [6, 6.07) is 5.80. The summed E-state index contributed by atoms with van der Waals surface area (Å²) in [5.74, 6) is 0.845. The number of allylic oxidation sites excluding steroid dienone is 1. The number of methoxy groups -OCH3 is 1. The fourth-order valence-corrected chi connectivity index (χ4v) is 1.81. The van der Waals surface area contributed by atoms with E-state index in [-0.39, 0.29) is 5.78 Å². The molecule has 2 rings (SSSR count). The van der Waals surface area contributed by atoms with Crippen LogP contribution in [0.15, 0.2) is 35.5 Å². The van der Waals surface area contributed by atoms with Crippen LogP contribution in [0, 0.1) is 6.92 Å². The van der Waals surface area contributed by atoms with Crippen LogP contribution < -0.4 is 4.74 Å². The van der Waals surface area contributed by atoms with Crippen LogP contribution in [0.3, 0.4) is 0 Å². The molecule has 0 aliphatic carbocycles. The van der Waals surface area contributed by atoms with Crippen LogP contribution in [0.5, 0.6) is 5.75 Å². The van der Waals surface area contributed by atoms with E-state index in [9.17, 15) is 4.79 Å². The Labute approximate surface area is 94.5 Å². The Balaban J connectivity index is 2.51. The van der Waals surface area contributed by atoms with E-state index in [1.807, 2.05) is 25.1 Å². The highest BCUT2D eigenvalue weighted by Gasteiger charge is 2.16. The minimum atomic E-state index is 0.0790. The van der Waals surface area contributed by atoms with Crippen LogP contribution in [0.25, 0.3) is 0 Å². The van der Waals surface area contributed by atoms with Gasteiger partial charge in [0.05, 0.1) is 19.2 Å². The van der Waals surface area contributed by atoms with Crippen LogP contribution >= 0.6 is 0 Å². The Hall–Kier alpha value is -1.90. The molecule has 1 aromatic rings. The third-order valence-corrected chi connectivity index (χ3v) is 2.58. The molecule has 0 bridgehead atoms. The Kier molecular flexibility index (Phi) is 2.86. The van der Waals surface area contributed by atoms with Gasteiger partial charge in [-0.25, -0.2) is 0 Å². The first-order valence-electron chi connectivity index (χ1n) is 5.12. The second-order valence-electron chi connectivity index (χ2n) is 3.69. The van der Waals surface area contributed by atoms with Crippen molar-refractivity contribution in [1.29, 1.82) is 0 Å². The molecule has 0 unspecified atom stereocenters. The first-order chi connectivity index (χ1) is 7.72. The van der Waals surface area contributed by atoms with Crippen LogP contribution in [-0.4, -0.2) is 18.6 Å². The molecule has 1 aliphatic heterocycles. The average Bonchev–Trinajstić information content (AvgIpc) is 2.28. The SMILES string of the molecule is COc1cccc(C)c1C1=NC=CC(=O)C1. The summed E-state index contributed by atoms with van der Waals surface area (Å²) >= 11 is 0. The smallest absolute Gasteiger partial charge is 0.163 e. The van der Waals surface area contributed by atoms with Gasteiger partial charge in [-0.1, -0.05) is 12.1 Å². The lowest BCUT2D eigenvalue weighted by Gasteiger charge is -2.14. The Morgan fingerprint density at radius 3 is 2.88 bits per heavy atom. The fourth-order valence-electron chi connectivity index (χ4n) is 1.81. The maximum absolute atomic E-state index is 11.3. The summed E-state index contributed by atoms with van der Waals surface area (Å²) in [6.45, 7) is 1.99. The number of aliphatic imine (C=N–C) groups is 1. The van der Waals surface area contributed by atoms with Crippen LogP contribution in [0.2, 0.25) is 0 Å². The van der Waals surface area contributed by atoms with Crippen LogP contribution in [-0.2, 0) is 4.79 Å². The third kappa shape index (κ3) is 1.89. The molecule has 16 heavy (non-hydrogen) atoms. The van der Waals surface area contributed by atoms with Gasteiger partial charge in [-0.2, -0.15) is 0 Å². The quantitative estimate of drug-likeness (QED) is 0.759. The molecule has 0 N–H and O–H groups in total. The van der Waals surface area contributed by atoms with Crippen molar-refractivity contribution in [2.24, 2.45) is 4.99 Å². The molecule has 3 nitrogen and oxygen atoms in total. The van der Waals surface area contributed by atoms with E-state index in [0.717, 1.165) is 22.6 Å². The standard InChI is InChI=1S/C13H13NO2/c1-9-4-3-5-12(16-2)13(9)11-8-10(15)6-7-14-11/h3-7H,8H2,1-2H3. The monoisotopic (exact) mass is 215 g/mol. The van der Waals surface area contributed by atoms with E-state index in [1.54, 1.807) is 13.3 Å². The lowest BCUT2D eigenvalue weighted by Crippen LogP contribution is -2.12. The largest absolute Gasteiger partial charge is 0.496 e. The minimum Gasteiger partial charge on any atom is -0.496 e. The lowest BCUT2D eigenvalue weighted by molar-refractivity contribution is -0.113. The number of rotatable bonds is 2. The molecule has 0 aromatic heterocycles. The van der Waals surface area contributed by atoms with Crippen LogP contribution in [0.4, 0.5) is 0 Å². The molecular weight excluding hydrogens is 202 g/mol. The van der Waals surface area contributed by atoms with Gasteiger partial charge in [-0.15, -0.1) is 0 Å². The highest BCUT2D eigenvalue weighted by Crippen LogP contribution is 2.25. The van der Waals surface area contributed by atoms with E-state index in [2.05, 4.69) is 4.99 Å².